The lowest BCUT2D eigenvalue weighted by molar-refractivity contribution is -0.144. The number of phenols is 1. The third-order valence-corrected chi connectivity index (χ3v) is 11.3. The summed E-state index contributed by atoms with van der Waals surface area (Å²) in [6, 6.07) is 30.9. The number of imide groups is 1. The smallest absolute Gasteiger partial charge is 0.234 e. The Morgan fingerprint density at radius 1 is 0.885 bits per heavy atom. The molecule has 0 bridgehead atoms. The lowest BCUT2D eigenvalue weighted by Gasteiger charge is -2.37. The number of amides is 2. The van der Waals surface area contributed by atoms with Gasteiger partial charge in [0, 0.05) is 37.0 Å². The monoisotopic (exact) mass is 700 g/mol. The van der Waals surface area contributed by atoms with Gasteiger partial charge in [0.15, 0.2) is 0 Å². The standard InChI is InChI=1S/C44H48N2O6/c1-29(24-31-17-19-39(48)36-15-9-8-14-35(31)36)16-18-40(49)41-32(28-52-34-12-6-3-7-13-34)25-37-42(38(41)27-47)44(51)46(43(37)50)33-20-22-45(23-21-33)26-30-10-4-2-5-11-30/h2-15,17,19,24,33,37-38,40,42,47-49H,16,18,20-23,25-28H2,1H3/b29-24+/t37-,38+,40-,42-/m1/s1. The maximum Gasteiger partial charge on any atom is 0.234 e. The number of rotatable bonds is 12. The van der Waals surface area contributed by atoms with E-state index < -0.39 is 23.9 Å². The minimum Gasteiger partial charge on any atom is -0.507 e. The molecule has 270 valence electrons. The van der Waals surface area contributed by atoms with Crippen molar-refractivity contribution in [2.24, 2.45) is 17.8 Å². The fraction of sp³-hybridized carbons (Fsp3) is 0.364. The van der Waals surface area contributed by atoms with Crippen molar-refractivity contribution in [1.82, 2.24) is 9.80 Å². The van der Waals surface area contributed by atoms with Crippen LogP contribution in [0.25, 0.3) is 16.8 Å². The Labute approximate surface area is 305 Å². The molecule has 4 atom stereocenters. The van der Waals surface area contributed by atoms with E-state index in [1.165, 1.54) is 10.5 Å². The predicted molar refractivity (Wildman–Crippen MR) is 202 cm³/mol. The Kier molecular flexibility index (Phi) is 10.9. The molecule has 52 heavy (non-hydrogen) atoms. The summed E-state index contributed by atoms with van der Waals surface area (Å²) in [5.41, 5.74) is 4.68. The Morgan fingerprint density at radius 2 is 1.56 bits per heavy atom. The SMILES string of the molecule is C/C(=C\c1ccc(O)c2ccccc12)CC[C@@H](O)C1=C(COc2ccccc2)C[C@H]2C(=O)N(C3CCN(Cc4ccccc4)CC3)C(=O)[C@H]2[C@H]1CO. The number of likely N-dealkylation sites (tertiary alicyclic amines) is 2. The molecule has 1 aliphatic carbocycles. The summed E-state index contributed by atoms with van der Waals surface area (Å²) in [4.78, 5) is 32.3. The van der Waals surface area contributed by atoms with Gasteiger partial charge in [-0.05, 0) is 84.9 Å². The van der Waals surface area contributed by atoms with E-state index in [1.54, 1.807) is 6.07 Å². The molecule has 2 aliphatic heterocycles. The van der Waals surface area contributed by atoms with Crippen molar-refractivity contribution < 1.29 is 29.6 Å². The number of fused-ring (bicyclic) bond motifs is 2. The molecule has 3 N–H and O–H groups in total. The minimum atomic E-state index is -0.939. The number of aliphatic hydroxyl groups is 2. The Morgan fingerprint density at radius 3 is 2.27 bits per heavy atom. The van der Waals surface area contributed by atoms with Crippen LogP contribution in [0.5, 0.6) is 11.5 Å². The normalized spacial score (nSPS) is 22.2. The second kappa shape index (κ2) is 15.9. The van der Waals surface area contributed by atoms with Gasteiger partial charge in [0.05, 0.1) is 24.5 Å². The molecule has 4 aromatic carbocycles. The van der Waals surface area contributed by atoms with Crippen molar-refractivity contribution in [3.05, 3.63) is 125 Å². The molecular weight excluding hydrogens is 652 g/mol. The number of carbonyl (C=O) groups excluding carboxylic acids is 2. The summed E-state index contributed by atoms with van der Waals surface area (Å²) in [6.45, 7) is 4.25. The van der Waals surface area contributed by atoms with Crippen LogP contribution in [0.4, 0.5) is 0 Å². The van der Waals surface area contributed by atoms with Crippen LogP contribution in [-0.4, -0.2) is 75.4 Å². The number of piperidine rings is 1. The predicted octanol–water partition coefficient (Wildman–Crippen LogP) is 6.74. The van der Waals surface area contributed by atoms with Gasteiger partial charge in [-0.1, -0.05) is 90.5 Å². The highest BCUT2D eigenvalue weighted by molar-refractivity contribution is 6.06. The van der Waals surface area contributed by atoms with Crippen molar-refractivity contribution >= 4 is 28.7 Å². The molecule has 0 aromatic heterocycles. The molecule has 8 heteroatoms. The van der Waals surface area contributed by atoms with Crippen LogP contribution in [0, 0.1) is 17.8 Å². The van der Waals surface area contributed by atoms with Crippen LogP contribution in [0.2, 0.25) is 0 Å². The molecule has 8 nitrogen and oxygen atoms in total. The van der Waals surface area contributed by atoms with E-state index in [0.717, 1.165) is 47.1 Å². The largest absolute Gasteiger partial charge is 0.507 e. The summed E-state index contributed by atoms with van der Waals surface area (Å²) in [5, 5.41) is 34.9. The van der Waals surface area contributed by atoms with Gasteiger partial charge < -0.3 is 20.1 Å². The van der Waals surface area contributed by atoms with Gasteiger partial charge in [0.2, 0.25) is 11.8 Å². The van der Waals surface area contributed by atoms with Crippen LogP contribution in [0.1, 0.15) is 50.2 Å². The zero-order valence-corrected chi connectivity index (χ0v) is 29.7. The number of benzene rings is 4. The van der Waals surface area contributed by atoms with Crippen molar-refractivity contribution in [3.8, 4) is 11.5 Å². The van der Waals surface area contributed by atoms with Crippen LogP contribution in [0.3, 0.4) is 0 Å². The summed E-state index contributed by atoms with van der Waals surface area (Å²) in [5.74, 6) is -1.49. The van der Waals surface area contributed by atoms with E-state index >= 15 is 0 Å². The van der Waals surface area contributed by atoms with E-state index in [-0.39, 0.29) is 36.8 Å². The third kappa shape index (κ3) is 7.42. The molecule has 0 unspecified atom stereocenters. The molecular formula is C44H48N2O6. The summed E-state index contributed by atoms with van der Waals surface area (Å²) in [6.07, 6.45) is 3.81. The highest BCUT2D eigenvalue weighted by atomic mass is 16.5. The molecule has 2 fully saturated rings. The minimum absolute atomic E-state index is 0.157. The number of hydrogen-bond donors (Lipinski definition) is 3. The first-order valence-electron chi connectivity index (χ1n) is 18.5. The van der Waals surface area contributed by atoms with Gasteiger partial charge in [-0.3, -0.25) is 19.4 Å². The Balaban J connectivity index is 1.10. The third-order valence-electron chi connectivity index (χ3n) is 11.3. The van der Waals surface area contributed by atoms with Gasteiger partial charge in [-0.25, -0.2) is 0 Å². The summed E-state index contributed by atoms with van der Waals surface area (Å²) < 4.78 is 6.19. The zero-order chi connectivity index (χ0) is 36.2. The van der Waals surface area contributed by atoms with Crippen molar-refractivity contribution in [3.63, 3.8) is 0 Å². The molecule has 0 radical (unpaired) electrons. The lowest BCUT2D eigenvalue weighted by atomic mass is 9.68. The van der Waals surface area contributed by atoms with Gasteiger partial charge in [-0.2, -0.15) is 0 Å². The van der Waals surface area contributed by atoms with Crippen molar-refractivity contribution in [2.75, 3.05) is 26.3 Å². The maximum absolute atomic E-state index is 14.3. The number of ether oxygens (including phenoxy) is 1. The van der Waals surface area contributed by atoms with Crippen LogP contribution in [-0.2, 0) is 16.1 Å². The average molecular weight is 701 g/mol. The first-order chi connectivity index (χ1) is 25.3. The number of allylic oxidation sites excluding steroid dienone is 1. The fourth-order valence-corrected chi connectivity index (χ4v) is 8.63. The molecule has 0 saturated carbocycles. The number of aromatic hydroxyl groups is 1. The van der Waals surface area contributed by atoms with Crippen molar-refractivity contribution in [2.45, 2.75) is 57.7 Å². The average Bonchev–Trinajstić information content (AvgIpc) is 3.43. The van der Waals surface area contributed by atoms with E-state index in [4.69, 9.17) is 4.74 Å². The molecule has 2 amide bonds. The molecule has 3 aliphatic rings. The first kappa shape index (κ1) is 35.6. The van der Waals surface area contributed by atoms with Gasteiger partial charge >= 0.3 is 0 Å². The molecule has 2 heterocycles. The van der Waals surface area contributed by atoms with Gasteiger partial charge in [0.25, 0.3) is 0 Å². The quantitative estimate of drug-likeness (QED) is 0.111. The van der Waals surface area contributed by atoms with E-state index in [0.29, 0.717) is 43.4 Å². The van der Waals surface area contributed by atoms with Gasteiger partial charge in [-0.15, -0.1) is 0 Å². The van der Waals surface area contributed by atoms with E-state index in [1.807, 2.05) is 85.8 Å². The fourth-order valence-electron chi connectivity index (χ4n) is 8.63. The number of carbonyl (C=O) groups is 2. The Hall–Kier alpha value is -4.76. The Bertz CT molecular complexity index is 1950. The summed E-state index contributed by atoms with van der Waals surface area (Å²) in [7, 11) is 0. The van der Waals surface area contributed by atoms with E-state index in [9.17, 15) is 24.9 Å². The second-order valence-corrected chi connectivity index (χ2v) is 14.6. The van der Waals surface area contributed by atoms with Crippen LogP contribution in [0.15, 0.2) is 114 Å². The molecule has 4 aromatic rings. The topological polar surface area (TPSA) is 111 Å². The highest BCUT2D eigenvalue weighted by Crippen LogP contribution is 2.47. The highest BCUT2D eigenvalue weighted by Gasteiger charge is 2.56. The van der Waals surface area contributed by atoms with Crippen LogP contribution < -0.4 is 4.74 Å². The number of hydrogen-bond acceptors (Lipinski definition) is 7. The zero-order valence-electron chi connectivity index (χ0n) is 29.7. The lowest BCUT2D eigenvalue weighted by Crippen LogP contribution is -2.47. The molecule has 0 spiro atoms. The van der Waals surface area contributed by atoms with Gasteiger partial charge in [0.1, 0.15) is 18.1 Å². The molecule has 2 saturated heterocycles. The number of nitrogens with zero attached hydrogens (tertiary/aromatic N) is 2. The first-order valence-corrected chi connectivity index (χ1v) is 18.5. The second-order valence-electron chi connectivity index (χ2n) is 14.6. The van der Waals surface area contributed by atoms with E-state index in [2.05, 4.69) is 23.1 Å². The van der Waals surface area contributed by atoms with Crippen molar-refractivity contribution in [1.29, 1.82) is 0 Å². The molecule has 7 rings (SSSR count). The maximum atomic E-state index is 14.3. The number of para-hydroxylation sites is 1. The number of aliphatic hydroxyl groups excluding tert-OH is 2. The number of phenolic OH excluding ortho intramolecular Hbond substituents is 1. The summed E-state index contributed by atoms with van der Waals surface area (Å²) >= 11 is 0. The van der Waals surface area contributed by atoms with Crippen LogP contribution >= 0.6 is 0 Å².